The third-order valence-electron chi connectivity index (χ3n) is 4.83. The number of carbonyl (C=O) groups excluding carboxylic acids is 1. The van der Waals surface area contributed by atoms with Crippen LogP contribution in [0.15, 0.2) is 52.9 Å². The Labute approximate surface area is 205 Å². The molecule has 1 aromatic heterocycles. The lowest BCUT2D eigenvalue weighted by atomic mass is 10.2. The van der Waals surface area contributed by atoms with Gasteiger partial charge in [0.15, 0.2) is 10.9 Å². The van der Waals surface area contributed by atoms with Crippen molar-refractivity contribution in [3.63, 3.8) is 0 Å². The van der Waals surface area contributed by atoms with Crippen molar-refractivity contribution in [2.24, 2.45) is 0 Å². The number of anilines is 2. The van der Waals surface area contributed by atoms with Gasteiger partial charge >= 0.3 is 0 Å². The zero-order chi connectivity index (χ0) is 22.7. The number of carbonyl (C=O) groups is 1. The van der Waals surface area contributed by atoms with E-state index in [9.17, 15) is 4.79 Å². The molecule has 0 saturated carbocycles. The summed E-state index contributed by atoms with van der Waals surface area (Å²) in [6, 6.07) is 13.9. The van der Waals surface area contributed by atoms with Gasteiger partial charge < -0.3 is 19.4 Å². The van der Waals surface area contributed by atoms with Gasteiger partial charge in [-0.1, -0.05) is 40.9 Å². The number of hydrogen-bond acceptors (Lipinski definition) is 5. The van der Waals surface area contributed by atoms with Crippen molar-refractivity contribution in [2.45, 2.75) is 0 Å². The second-order valence-corrected chi connectivity index (χ2v) is 8.54. The monoisotopic (exact) mass is 509 g/mol. The van der Waals surface area contributed by atoms with E-state index in [0.717, 1.165) is 18.8 Å². The molecule has 166 valence electrons. The van der Waals surface area contributed by atoms with Gasteiger partial charge in [-0.05, 0) is 54.7 Å². The van der Waals surface area contributed by atoms with E-state index in [0.29, 0.717) is 45.3 Å². The number of amides is 1. The Morgan fingerprint density at radius 3 is 2.53 bits per heavy atom. The summed E-state index contributed by atoms with van der Waals surface area (Å²) in [5.41, 5.74) is 2.18. The smallest absolute Gasteiger partial charge is 0.293 e. The molecule has 0 aliphatic carbocycles. The minimum absolute atomic E-state index is 0.0842. The van der Waals surface area contributed by atoms with Crippen molar-refractivity contribution < 1.29 is 13.9 Å². The number of furan rings is 1. The van der Waals surface area contributed by atoms with Crippen LogP contribution in [0.25, 0.3) is 11.3 Å². The van der Waals surface area contributed by atoms with Crippen LogP contribution < -0.4 is 15.5 Å². The molecule has 6 nitrogen and oxygen atoms in total. The van der Waals surface area contributed by atoms with E-state index in [1.165, 1.54) is 0 Å². The summed E-state index contributed by atoms with van der Waals surface area (Å²) >= 11 is 24.0. The summed E-state index contributed by atoms with van der Waals surface area (Å²) < 4.78 is 11.0. The minimum atomic E-state index is -0.497. The van der Waals surface area contributed by atoms with Crippen molar-refractivity contribution in [3.05, 3.63) is 69.4 Å². The quantitative estimate of drug-likeness (QED) is 0.428. The highest BCUT2D eigenvalue weighted by Gasteiger charge is 2.17. The molecule has 1 fully saturated rings. The lowest BCUT2D eigenvalue weighted by Gasteiger charge is -2.29. The first-order chi connectivity index (χ1) is 15.4. The molecule has 3 aromatic rings. The Hall–Kier alpha value is -2.29. The molecule has 0 unspecified atom stereocenters. The number of halogens is 3. The van der Waals surface area contributed by atoms with Crippen molar-refractivity contribution in [1.29, 1.82) is 0 Å². The Morgan fingerprint density at radius 1 is 1.00 bits per heavy atom. The van der Waals surface area contributed by atoms with Gasteiger partial charge in [0.05, 0.1) is 34.0 Å². The van der Waals surface area contributed by atoms with Crippen molar-refractivity contribution in [2.75, 3.05) is 36.5 Å². The van der Waals surface area contributed by atoms with Crippen LogP contribution in [-0.4, -0.2) is 37.3 Å². The summed E-state index contributed by atoms with van der Waals surface area (Å²) in [4.78, 5) is 14.7. The molecule has 1 amide bonds. The van der Waals surface area contributed by atoms with E-state index in [2.05, 4.69) is 15.5 Å². The number of morpholine rings is 1. The summed E-state index contributed by atoms with van der Waals surface area (Å²) in [7, 11) is 0. The van der Waals surface area contributed by atoms with Crippen LogP contribution in [0.2, 0.25) is 15.1 Å². The lowest BCUT2D eigenvalue weighted by molar-refractivity contribution is 0.0951. The molecule has 2 heterocycles. The molecule has 1 aliphatic heterocycles. The van der Waals surface area contributed by atoms with Crippen LogP contribution in [-0.2, 0) is 4.74 Å². The number of nitrogens with one attached hydrogen (secondary N) is 2. The largest absolute Gasteiger partial charge is 0.451 e. The number of hydrogen-bond donors (Lipinski definition) is 2. The second-order valence-electron chi connectivity index (χ2n) is 6.94. The van der Waals surface area contributed by atoms with E-state index in [1.54, 1.807) is 36.4 Å². The Morgan fingerprint density at radius 2 is 1.78 bits per heavy atom. The van der Waals surface area contributed by atoms with E-state index in [4.69, 9.17) is 56.2 Å². The van der Waals surface area contributed by atoms with Crippen molar-refractivity contribution in [1.82, 2.24) is 5.32 Å². The molecule has 0 spiro atoms. The van der Waals surface area contributed by atoms with E-state index >= 15 is 0 Å². The predicted molar refractivity (Wildman–Crippen MR) is 132 cm³/mol. The Bertz CT molecular complexity index is 1160. The number of rotatable bonds is 4. The molecule has 1 aliphatic rings. The third-order valence-corrected chi connectivity index (χ3v) is 6.16. The number of ether oxygens (including phenoxy) is 1. The molecule has 32 heavy (non-hydrogen) atoms. The van der Waals surface area contributed by atoms with Crippen LogP contribution in [0.4, 0.5) is 11.4 Å². The van der Waals surface area contributed by atoms with Gasteiger partial charge in [-0.15, -0.1) is 0 Å². The average Bonchev–Trinajstić information content (AvgIpc) is 3.26. The molecule has 0 radical (unpaired) electrons. The molecule has 1 saturated heterocycles. The maximum atomic E-state index is 12.5. The van der Waals surface area contributed by atoms with Crippen LogP contribution >= 0.6 is 47.0 Å². The normalized spacial score (nSPS) is 13.7. The Balaban J connectivity index is 1.39. The Kier molecular flexibility index (Phi) is 7.23. The summed E-state index contributed by atoms with van der Waals surface area (Å²) in [6.45, 7) is 2.91. The highest BCUT2D eigenvalue weighted by Crippen LogP contribution is 2.34. The van der Waals surface area contributed by atoms with E-state index in [1.807, 2.05) is 12.1 Å². The fourth-order valence-electron chi connectivity index (χ4n) is 3.27. The summed E-state index contributed by atoms with van der Waals surface area (Å²) in [6.07, 6.45) is 0. The SMILES string of the molecule is O=C(NC(=S)Nc1ccc(N2CCOCC2)c(Cl)c1)c1ccc(-c2cccc(Cl)c2Cl)o1. The molecule has 10 heteroatoms. The number of thiocarbonyl (C=S) groups is 1. The highest BCUT2D eigenvalue weighted by molar-refractivity contribution is 7.80. The van der Waals surface area contributed by atoms with E-state index < -0.39 is 5.91 Å². The van der Waals surface area contributed by atoms with Crippen LogP contribution in [0.3, 0.4) is 0 Å². The zero-order valence-electron chi connectivity index (χ0n) is 16.7. The fourth-order valence-corrected chi connectivity index (χ4v) is 4.18. The molecular formula is C22H18Cl3N3O3S. The number of nitrogens with zero attached hydrogens (tertiary/aromatic N) is 1. The number of benzene rings is 2. The first-order valence-corrected chi connectivity index (χ1v) is 11.3. The van der Waals surface area contributed by atoms with Crippen LogP contribution in [0, 0.1) is 0 Å². The van der Waals surface area contributed by atoms with Crippen LogP contribution in [0.5, 0.6) is 0 Å². The molecule has 2 aromatic carbocycles. The summed E-state index contributed by atoms with van der Waals surface area (Å²) in [5, 5.41) is 7.00. The third kappa shape index (κ3) is 5.19. The fraction of sp³-hybridized carbons (Fsp3) is 0.182. The summed E-state index contributed by atoms with van der Waals surface area (Å²) in [5.74, 6) is 0.0100. The highest BCUT2D eigenvalue weighted by atomic mass is 35.5. The maximum Gasteiger partial charge on any atom is 0.293 e. The zero-order valence-corrected chi connectivity index (χ0v) is 19.7. The van der Waals surface area contributed by atoms with E-state index in [-0.39, 0.29) is 10.9 Å². The van der Waals surface area contributed by atoms with Gasteiger partial charge in [-0.25, -0.2) is 0 Å². The van der Waals surface area contributed by atoms with Crippen molar-refractivity contribution >= 4 is 69.4 Å². The van der Waals surface area contributed by atoms with Gasteiger partial charge in [0, 0.05) is 24.3 Å². The lowest BCUT2D eigenvalue weighted by Crippen LogP contribution is -2.36. The van der Waals surface area contributed by atoms with Gasteiger partial charge in [0.25, 0.3) is 5.91 Å². The minimum Gasteiger partial charge on any atom is -0.451 e. The topological polar surface area (TPSA) is 66.7 Å². The first-order valence-electron chi connectivity index (χ1n) is 9.71. The first kappa shape index (κ1) is 22.9. The van der Waals surface area contributed by atoms with Gasteiger partial charge in [0.2, 0.25) is 0 Å². The van der Waals surface area contributed by atoms with Crippen molar-refractivity contribution in [3.8, 4) is 11.3 Å². The molecule has 2 N–H and O–H groups in total. The molecule has 4 rings (SSSR count). The van der Waals surface area contributed by atoms with Gasteiger partial charge in [0.1, 0.15) is 5.76 Å². The van der Waals surface area contributed by atoms with Crippen LogP contribution in [0.1, 0.15) is 10.6 Å². The molecule has 0 atom stereocenters. The molecule has 0 bridgehead atoms. The standard InChI is InChI=1S/C22H18Cl3N3O3S/c23-15-3-1-2-14(20(15)25)18-6-7-19(31-18)21(29)27-22(32)26-13-4-5-17(16(24)12-13)28-8-10-30-11-9-28/h1-7,12H,8-11H2,(H2,26,27,29,32). The predicted octanol–water partition coefficient (Wildman–Crippen LogP) is 5.87. The second kappa shape index (κ2) is 10.1. The maximum absolute atomic E-state index is 12.5. The van der Waals surface area contributed by atoms with Gasteiger partial charge in [-0.3, -0.25) is 10.1 Å². The van der Waals surface area contributed by atoms with Gasteiger partial charge in [-0.2, -0.15) is 0 Å². The average molecular weight is 511 g/mol. The molecular weight excluding hydrogens is 493 g/mol.